The topological polar surface area (TPSA) is 27.7 Å². The molecule has 0 aliphatic heterocycles. The van der Waals surface area contributed by atoms with Crippen LogP contribution < -0.4 is 14.2 Å². The molecule has 0 spiro atoms. The van der Waals surface area contributed by atoms with Crippen molar-refractivity contribution in [3.63, 3.8) is 0 Å². The van der Waals surface area contributed by atoms with Crippen molar-refractivity contribution in [2.24, 2.45) is 0 Å². The molecule has 3 nitrogen and oxygen atoms in total. The quantitative estimate of drug-likeness (QED) is 0.403. The Morgan fingerprint density at radius 1 is 0.885 bits per heavy atom. The molecule has 0 radical (unpaired) electrons. The molecule has 0 unspecified atom stereocenters. The van der Waals surface area contributed by atoms with Crippen LogP contribution in [-0.4, -0.2) is 19.8 Å². The van der Waals surface area contributed by atoms with Gasteiger partial charge in [-0.1, -0.05) is 64.1 Å². The van der Waals surface area contributed by atoms with Gasteiger partial charge in [0.05, 0.1) is 23.3 Å². The molecule has 0 saturated heterocycles. The van der Waals surface area contributed by atoms with Gasteiger partial charge in [-0.2, -0.15) is 0 Å². The van der Waals surface area contributed by atoms with Crippen LogP contribution in [0.2, 0.25) is 10.0 Å². The first-order valence-electron chi connectivity index (χ1n) is 7.91. The molecule has 26 heavy (non-hydrogen) atoms. The summed E-state index contributed by atoms with van der Waals surface area (Å²) in [7, 11) is 0. The fraction of sp³-hybridized carbons (Fsp3) is 0.263. The second-order valence-corrected chi connectivity index (χ2v) is 7.21. The number of benzene rings is 2. The Morgan fingerprint density at radius 3 is 2.12 bits per heavy atom. The SMILES string of the molecule is Cc1ccc(OCCCOc2c(Cl)cc(OCC=C(Cl)Cl)cc2Cl)cc1. The van der Waals surface area contributed by atoms with Crippen molar-refractivity contribution < 1.29 is 14.2 Å². The third kappa shape index (κ3) is 7.16. The van der Waals surface area contributed by atoms with Crippen LogP contribution in [0, 0.1) is 6.92 Å². The summed E-state index contributed by atoms with van der Waals surface area (Å²) in [4.78, 5) is 0. The van der Waals surface area contributed by atoms with Gasteiger partial charge < -0.3 is 14.2 Å². The lowest BCUT2D eigenvalue weighted by atomic mass is 10.2. The Morgan fingerprint density at radius 2 is 1.50 bits per heavy atom. The van der Waals surface area contributed by atoms with Crippen LogP contribution in [-0.2, 0) is 0 Å². The van der Waals surface area contributed by atoms with Gasteiger partial charge in [0.25, 0.3) is 0 Å². The Hall–Kier alpha value is -1.26. The fourth-order valence-corrected chi connectivity index (χ4v) is 2.72. The maximum atomic E-state index is 6.21. The molecule has 0 heterocycles. The summed E-state index contributed by atoms with van der Waals surface area (Å²) in [6.07, 6.45) is 2.21. The Bertz CT molecular complexity index is 718. The van der Waals surface area contributed by atoms with E-state index in [1.54, 1.807) is 12.1 Å². The second kappa shape index (κ2) is 10.8. The molecule has 0 saturated carbocycles. The minimum Gasteiger partial charge on any atom is -0.493 e. The lowest BCUT2D eigenvalue weighted by Gasteiger charge is -2.12. The number of hydrogen-bond donors (Lipinski definition) is 0. The number of hydrogen-bond acceptors (Lipinski definition) is 3. The lowest BCUT2D eigenvalue weighted by Crippen LogP contribution is -2.05. The summed E-state index contributed by atoms with van der Waals surface area (Å²) >= 11 is 23.5. The molecule has 7 heteroatoms. The summed E-state index contributed by atoms with van der Waals surface area (Å²) in [6.45, 7) is 3.21. The van der Waals surface area contributed by atoms with Crippen LogP contribution in [0.3, 0.4) is 0 Å². The molecular weight excluding hydrogens is 418 g/mol. The molecule has 0 bridgehead atoms. The average molecular weight is 436 g/mol. The molecule has 0 N–H and O–H groups in total. The second-order valence-electron chi connectivity index (χ2n) is 5.38. The molecule has 0 atom stereocenters. The molecule has 2 aromatic rings. The number of ether oxygens (including phenoxy) is 3. The van der Waals surface area contributed by atoms with E-state index >= 15 is 0 Å². The lowest BCUT2D eigenvalue weighted by molar-refractivity contribution is 0.247. The molecule has 0 aliphatic carbocycles. The molecule has 0 amide bonds. The molecule has 140 valence electrons. The van der Waals surface area contributed by atoms with Gasteiger partial charge in [-0.3, -0.25) is 0 Å². The van der Waals surface area contributed by atoms with Crippen molar-refractivity contribution in [3.05, 3.63) is 62.6 Å². The van der Waals surface area contributed by atoms with Crippen LogP contribution in [0.25, 0.3) is 0 Å². The fourth-order valence-electron chi connectivity index (χ4n) is 2.02. The van der Waals surface area contributed by atoms with Gasteiger partial charge in [-0.25, -0.2) is 0 Å². The van der Waals surface area contributed by atoms with E-state index in [1.807, 2.05) is 31.2 Å². The predicted octanol–water partition coefficient (Wildman–Crippen LogP) is 6.85. The zero-order valence-electron chi connectivity index (χ0n) is 14.1. The highest BCUT2D eigenvalue weighted by Gasteiger charge is 2.10. The van der Waals surface area contributed by atoms with Crippen LogP contribution in [0.1, 0.15) is 12.0 Å². The standard InChI is InChI=1S/C19H18Cl4O3/c1-13-3-5-14(6-4-13)24-8-2-9-26-19-16(20)11-15(12-17(19)21)25-10-7-18(22)23/h3-7,11-12H,2,8-10H2,1H3. The van der Waals surface area contributed by atoms with Crippen molar-refractivity contribution >= 4 is 46.4 Å². The highest BCUT2D eigenvalue weighted by Crippen LogP contribution is 2.37. The van der Waals surface area contributed by atoms with Crippen molar-refractivity contribution in [1.82, 2.24) is 0 Å². The van der Waals surface area contributed by atoms with Crippen LogP contribution >= 0.6 is 46.4 Å². The first kappa shape index (κ1) is 21.0. The van der Waals surface area contributed by atoms with E-state index in [9.17, 15) is 0 Å². The van der Waals surface area contributed by atoms with Crippen molar-refractivity contribution in [1.29, 1.82) is 0 Å². The van der Waals surface area contributed by atoms with Crippen LogP contribution in [0.4, 0.5) is 0 Å². The minimum absolute atomic E-state index is 0.134. The van der Waals surface area contributed by atoms with Gasteiger partial charge in [0.2, 0.25) is 0 Å². The number of aryl methyl sites for hydroxylation is 1. The third-order valence-corrected chi connectivity index (χ3v) is 4.15. The first-order valence-corrected chi connectivity index (χ1v) is 9.42. The zero-order valence-corrected chi connectivity index (χ0v) is 17.1. The monoisotopic (exact) mass is 434 g/mol. The van der Waals surface area contributed by atoms with Gasteiger partial charge >= 0.3 is 0 Å². The van der Waals surface area contributed by atoms with E-state index in [1.165, 1.54) is 11.6 Å². The van der Waals surface area contributed by atoms with Gasteiger partial charge in [-0.15, -0.1) is 0 Å². The van der Waals surface area contributed by atoms with Crippen molar-refractivity contribution in [3.8, 4) is 17.2 Å². The first-order chi connectivity index (χ1) is 12.5. The molecule has 2 aromatic carbocycles. The summed E-state index contributed by atoms with van der Waals surface area (Å²) in [5, 5.41) is 0.737. The van der Waals surface area contributed by atoms with E-state index in [0.29, 0.717) is 41.2 Å². The Labute approximate surface area is 173 Å². The maximum absolute atomic E-state index is 6.21. The van der Waals surface area contributed by atoms with E-state index in [0.717, 1.165) is 5.75 Å². The van der Waals surface area contributed by atoms with Gasteiger partial charge in [-0.05, 0) is 25.1 Å². The van der Waals surface area contributed by atoms with E-state index in [2.05, 4.69) is 0 Å². The largest absolute Gasteiger partial charge is 0.493 e. The summed E-state index contributed by atoms with van der Waals surface area (Å²) in [5.74, 6) is 1.75. The van der Waals surface area contributed by atoms with E-state index < -0.39 is 0 Å². The molecule has 0 aromatic heterocycles. The zero-order chi connectivity index (χ0) is 18.9. The predicted molar refractivity (Wildman–Crippen MR) is 109 cm³/mol. The summed E-state index contributed by atoms with van der Waals surface area (Å²) in [6, 6.07) is 11.1. The molecular formula is C19H18Cl4O3. The van der Waals surface area contributed by atoms with Gasteiger partial charge in [0.15, 0.2) is 5.75 Å². The molecule has 0 aliphatic rings. The normalized spacial score (nSPS) is 10.3. The third-order valence-electron chi connectivity index (χ3n) is 3.28. The average Bonchev–Trinajstić information content (AvgIpc) is 2.58. The number of halogens is 4. The van der Waals surface area contributed by atoms with Crippen LogP contribution in [0.5, 0.6) is 17.2 Å². The van der Waals surface area contributed by atoms with E-state index in [4.69, 9.17) is 60.6 Å². The number of rotatable bonds is 9. The van der Waals surface area contributed by atoms with Crippen molar-refractivity contribution in [2.75, 3.05) is 19.8 Å². The Kier molecular flexibility index (Phi) is 8.73. The van der Waals surface area contributed by atoms with E-state index in [-0.39, 0.29) is 11.1 Å². The highest BCUT2D eigenvalue weighted by atomic mass is 35.5. The Balaban J connectivity index is 1.79. The molecule has 0 fully saturated rings. The molecule has 2 rings (SSSR count). The van der Waals surface area contributed by atoms with Gasteiger partial charge in [0.1, 0.15) is 22.6 Å². The minimum atomic E-state index is 0.134. The maximum Gasteiger partial charge on any atom is 0.156 e. The smallest absolute Gasteiger partial charge is 0.156 e. The van der Waals surface area contributed by atoms with Crippen LogP contribution in [0.15, 0.2) is 47.0 Å². The summed E-state index contributed by atoms with van der Waals surface area (Å²) in [5.41, 5.74) is 1.19. The van der Waals surface area contributed by atoms with Crippen molar-refractivity contribution in [2.45, 2.75) is 13.3 Å². The summed E-state index contributed by atoms with van der Waals surface area (Å²) < 4.78 is 16.9. The highest BCUT2D eigenvalue weighted by molar-refractivity contribution is 6.55. The van der Waals surface area contributed by atoms with Gasteiger partial charge in [0, 0.05) is 18.6 Å².